The van der Waals surface area contributed by atoms with E-state index in [2.05, 4.69) is 40.3 Å². The number of rotatable bonds is 17. The largest absolute Gasteiger partial charge is 0.451 e. The smallest absolute Gasteiger partial charge is 0.397 e. The Labute approximate surface area is 465 Å². The van der Waals surface area contributed by atoms with Gasteiger partial charge in [0.05, 0.1) is 37.4 Å². The van der Waals surface area contributed by atoms with Gasteiger partial charge in [-0.3, -0.25) is 14.1 Å². The molecule has 1 spiro atoms. The van der Waals surface area contributed by atoms with Crippen LogP contribution < -0.4 is 0 Å². The maximum absolute atomic E-state index is 14.4. The van der Waals surface area contributed by atoms with E-state index >= 15 is 0 Å². The number of carbonyl (C=O) groups excluding carboxylic acids is 2. The van der Waals surface area contributed by atoms with Gasteiger partial charge < -0.3 is 93.3 Å². The summed E-state index contributed by atoms with van der Waals surface area (Å²) in [6.07, 6.45) is -24.9. The quantitative estimate of drug-likeness (QED) is 0.0504. The molecule has 0 bridgehead atoms. The van der Waals surface area contributed by atoms with Crippen molar-refractivity contribution in [1.82, 2.24) is 0 Å². The molecule has 25 nitrogen and oxygen atoms in total. The number of allylic oxidation sites excluding steroid dienone is 3. The van der Waals surface area contributed by atoms with Crippen LogP contribution in [0.3, 0.4) is 0 Å². The van der Waals surface area contributed by atoms with Crippen molar-refractivity contribution in [2.24, 2.45) is 39.4 Å². The standard InChI is InChI=1S/C54H84O25S/c1-23(2)10-13-32(57)53(8)31-15-18-52(7)26-11-12-30-50(4,5)33(16-17-51(30,6)25(26)14-19-54(31,52)49(65)78-53)74-48-44(36(60)29(22-70-48)79-80(66,67)68)77-45-38(62)37(61)41(24(3)71-45)75-47-40(64)43(35(59)28(21-56)73-47)76-46-39(63)42(69-9)34(58)27(20-55)72-46/h11,24-25,27-31,33-48,55-56,58-64H,1,10,12-22H2,2-9H3,(H,66,67,68)/t24-,25+,27+,28+,29+,30-,31+,33+,34+,35+,36-,37-,38-,39+,40+,41-,42-,43-,44+,45+,46-,47-,48-,51-,52+,53-,54+/m1/s1. The lowest BCUT2D eigenvalue weighted by atomic mass is 9.40. The number of aliphatic hydroxyl groups excluding tert-OH is 9. The van der Waals surface area contributed by atoms with Gasteiger partial charge in [0.25, 0.3) is 0 Å². The third-order valence-electron chi connectivity index (χ3n) is 20.4. The van der Waals surface area contributed by atoms with E-state index in [0.29, 0.717) is 44.9 Å². The zero-order chi connectivity index (χ0) is 58.6. The molecule has 27 atom stereocenters. The third kappa shape index (κ3) is 10.4. The normalized spacial score (nSPS) is 50.1. The first-order chi connectivity index (χ1) is 37.4. The molecule has 456 valence electrons. The van der Waals surface area contributed by atoms with Crippen LogP contribution >= 0.6 is 0 Å². The molecule has 0 aromatic heterocycles. The molecule has 0 amide bonds. The third-order valence-corrected chi connectivity index (χ3v) is 20.9. The predicted molar refractivity (Wildman–Crippen MR) is 271 cm³/mol. The van der Waals surface area contributed by atoms with Gasteiger partial charge in [-0.05, 0) is 94.8 Å². The molecule has 5 aliphatic heterocycles. The second kappa shape index (κ2) is 22.9. The summed E-state index contributed by atoms with van der Waals surface area (Å²) in [6, 6.07) is 0. The summed E-state index contributed by atoms with van der Waals surface area (Å²) in [5.41, 5.74) is -1.35. The number of cyclic esters (lactones) is 1. The van der Waals surface area contributed by atoms with Gasteiger partial charge in [0.15, 0.2) is 36.5 Å². The van der Waals surface area contributed by atoms with Crippen LogP contribution in [0.1, 0.15) is 106 Å². The number of methoxy groups -OCH3 is 1. The summed E-state index contributed by atoms with van der Waals surface area (Å²) >= 11 is 0. The highest BCUT2D eigenvalue weighted by atomic mass is 32.3. The summed E-state index contributed by atoms with van der Waals surface area (Å²) in [5.74, 6) is -0.517. The summed E-state index contributed by atoms with van der Waals surface area (Å²) in [7, 11) is -3.98. The molecule has 9 rings (SSSR count). The molecule has 10 N–H and O–H groups in total. The molecule has 8 fully saturated rings. The fraction of sp³-hybridized carbons (Fsp3) is 0.889. The average Bonchev–Trinajstić information content (AvgIpc) is 4.08. The first-order valence-corrected chi connectivity index (χ1v) is 29.3. The Morgan fingerprint density at radius 3 is 1.93 bits per heavy atom. The number of hydrogen-bond donors (Lipinski definition) is 10. The molecule has 5 saturated heterocycles. The minimum absolute atomic E-state index is 0.00839. The lowest BCUT2D eigenvalue weighted by Crippen LogP contribution is -2.67. The second-order valence-corrected chi connectivity index (χ2v) is 26.2. The Hall–Kier alpha value is -2.23. The van der Waals surface area contributed by atoms with E-state index in [0.717, 1.165) is 12.0 Å². The fourth-order valence-electron chi connectivity index (χ4n) is 16.0. The van der Waals surface area contributed by atoms with E-state index in [1.165, 1.54) is 19.6 Å². The minimum atomic E-state index is -5.17. The van der Waals surface area contributed by atoms with Crippen LogP contribution in [0.4, 0.5) is 0 Å². The van der Waals surface area contributed by atoms with Gasteiger partial charge in [0.1, 0.15) is 85.5 Å². The highest BCUT2D eigenvalue weighted by molar-refractivity contribution is 7.80. The van der Waals surface area contributed by atoms with Crippen molar-refractivity contribution in [2.75, 3.05) is 26.9 Å². The molecular weight excluding hydrogens is 1080 g/mol. The number of carbonyl (C=O) groups is 2. The SMILES string of the molecule is C=C(C)CCC(=O)[C@]1(C)OC(=O)[C@@]23CC[C@H]4C(=CC[C@@H]5C(C)(C)[C@@H](O[C@H]6OC[C@H](OS(=O)(=O)O)[C@@H](O)[C@@H]6O[C@@H]6O[C@H](C)[C@@H](O[C@H]7O[C@@H](CO)[C@H](O)[C@@H](O[C@H]8O[C@@H](CO)[C@H](O)[C@@H](OC)[C@@H]8O)[C@@H]7O)[C@H](O)[C@H]6O)CC[C@@]54C)[C@]2(C)CC[C@@H]13. The number of esters is 1. The van der Waals surface area contributed by atoms with Gasteiger partial charge in [-0.15, -0.1) is 6.58 Å². The number of hydrogen-bond acceptors (Lipinski definition) is 24. The van der Waals surface area contributed by atoms with Crippen LogP contribution in [0.2, 0.25) is 0 Å². The van der Waals surface area contributed by atoms with Crippen LogP contribution in [0, 0.1) is 39.4 Å². The second-order valence-electron chi connectivity index (χ2n) is 25.2. The fourth-order valence-corrected chi connectivity index (χ4v) is 16.5. The Morgan fingerprint density at radius 2 is 1.31 bits per heavy atom. The Kier molecular flexibility index (Phi) is 17.8. The van der Waals surface area contributed by atoms with Crippen LogP contribution in [0.15, 0.2) is 23.8 Å². The van der Waals surface area contributed by atoms with Crippen molar-refractivity contribution in [1.29, 1.82) is 0 Å². The Balaban J connectivity index is 0.902. The first kappa shape index (κ1) is 62.3. The van der Waals surface area contributed by atoms with E-state index in [9.17, 15) is 68.5 Å². The molecule has 0 unspecified atom stereocenters. The average molecular weight is 1170 g/mol. The Bertz CT molecular complexity index is 2430. The Morgan fingerprint density at radius 1 is 0.713 bits per heavy atom. The van der Waals surface area contributed by atoms with Gasteiger partial charge in [-0.25, -0.2) is 4.18 Å². The number of Topliss-reactive ketones (excluding diaryl/α,β-unsaturated/α-hetero) is 1. The van der Waals surface area contributed by atoms with Gasteiger partial charge in [0, 0.05) is 24.9 Å². The van der Waals surface area contributed by atoms with Crippen LogP contribution in [0.25, 0.3) is 0 Å². The van der Waals surface area contributed by atoms with Crippen LogP contribution in [-0.4, -0.2) is 226 Å². The maximum atomic E-state index is 14.4. The lowest BCUT2D eigenvalue weighted by molar-refractivity contribution is -0.389. The van der Waals surface area contributed by atoms with E-state index in [4.69, 9.17) is 51.6 Å². The van der Waals surface area contributed by atoms with E-state index < -0.39 is 175 Å². The van der Waals surface area contributed by atoms with E-state index in [-0.39, 0.29) is 41.3 Å². The molecule has 0 aromatic rings. The monoisotopic (exact) mass is 1160 g/mol. The van der Waals surface area contributed by atoms with Gasteiger partial charge in [0.2, 0.25) is 0 Å². The highest BCUT2D eigenvalue weighted by Crippen LogP contribution is 2.76. The zero-order valence-electron chi connectivity index (χ0n) is 46.6. The summed E-state index contributed by atoms with van der Waals surface area (Å²) in [5, 5.41) is 99.1. The topological polar surface area (TPSA) is 372 Å². The molecule has 9 aliphatic rings. The first-order valence-electron chi connectivity index (χ1n) is 27.9. The van der Waals surface area contributed by atoms with E-state index in [1.54, 1.807) is 6.92 Å². The number of fused-ring (bicyclic) bond motifs is 4. The van der Waals surface area contributed by atoms with Crippen LogP contribution in [0.5, 0.6) is 0 Å². The molecule has 4 aliphatic carbocycles. The van der Waals surface area contributed by atoms with Crippen molar-refractivity contribution in [3.63, 3.8) is 0 Å². The van der Waals surface area contributed by atoms with E-state index in [1.807, 2.05) is 6.92 Å². The molecule has 3 saturated carbocycles. The van der Waals surface area contributed by atoms with Crippen molar-refractivity contribution in [3.8, 4) is 0 Å². The molecule has 0 radical (unpaired) electrons. The van der Waals surface area contributed by atoms with Crippen molar-refractivity contribution in [2.45, 2.75) is 235 Å². The van der Waals surface area contributed by atoms with Gasteiger partial charge >= 0.3 is 16.4 Å². The van der Waals surface area contributed by atoms with Gasteiger partial charge in [-0.1, -0.05) is 44.9 Å². The highest BCUT2D eigenvalue weighted by Gasteiger charge is 2.77. The summed E-state index contributed by atoms with van der Waals surface area (Å²) < 4.78 is 97.9. The maximum Gasteiger partial charge on any atom is 0.397 e. The minimum Gasteiger partial charge on any atom is -0.451 e. The van der Waals surface area contributed by atoms with Crippen molar-refractivity contribution in [3.05, 3.63) is 23.8 Å². The molecule has 80 heavy (non-hydrogen) atoms. The summed E-state index contributed by atoms with van der Waals surface area (Å²) in [6.45, 7) is 15.5. The van der Waals surface area contributed by atoms with Gasteiger partial charge in [-0.2, -0.15) is 8.42 Å². The van der Waals surface area contributed by atoms with Crippen LogP contribution in [-0.2, 0) is 71.5 Å². The molecular formula is C54H84O25S. The molecule has 5 heterocycles. The lowest BCUT2D eigenvalue weighted by Gasteiger charge is -2.64. The molecule has 26 heteroatoms. The number of aliphatic hydroxyl groups is 9. The van der Waals surface area contributed by atoms with Crippen molar-refractivity contribution >= 4 is 22.2 Å². The number of ether oxygens (including phenoxy) is 10. The van der Waals surface area contributed by atoms with Crippen molar-refractivity contribution < 1.29 is 120 Å². The molecule has 0 aromatic carbocycles. The number of ketones is 1. The zero-order valence-corrected chi connectivity index (χ0v) is 47.4. The predicted octanol–water partition coefficient (Wildman–Crippen LogP) is -0.382. The summed E-state index contributed by atoms with van der Waals surface area (Å²) in [4.78, 5) is 28.2.